The van der Waals surface area contributed by atoms with Gasteiger partial charge in [-0.25, -0.2) is 0 Å². The van der Waals surface area contributed by atoms with Gasteiger partial charge >= 0.3 is 0 Å². The van der Waals surface area contributed by atoms with E-state index in [-0.39, 0.29) is 17.2 Å². The van der Waals surface area contributed by atoms with Crippen molar-refractivity contribution >= 4 is 45.0 Å². The van der Waals surface area contributed by atoms with E-state index < -0.39 is 0 Å². The molecule has 0 unspecified atom stereocenters. The number of aromatic amines is 1. The highest BCUT2D eigenvalue weighted by atomic mass is 16.2. The minimum atomic E-state index is -0.0837. The number of carbonyl (C=O) groups excluding carboxylic acids is 2. The number of hydrogen-bond acceptors (Lipinski definition) is 7. The predicted molar refractivity (Wildman–Crippen MR) is 156 cm³/mol. The predicted octanol–water partition coefficient (Wildman–Crippen LogP) is 1.83. The molecule has 0 bridgehead atoms. The Kier molecular flexibility index (Phi) is 8.56. The molecule has 0 spiro atoms. The zero-order valence-electron chi connectivity index (χ0n) is 23.0. The lowest BCUT2D eigenvalue weighted by Crippen LogP contribution is -2.45. The molecule has 0 atom stereocenters. The number of carbonyl (C=O) groups is 2. The maximum absolute atomic E-state index is 13.1. The molecule has 39 heavy (non-hydrogen) atoms. The smallest absolute Gasteiger partial charge is 0.225 e. The first-order valence-corrected chi connectivity index (χ1v) is 13.9. The Morgan fingerprint density at radius 2 is 1.10 bits per heavy atom. The van der Waals surface area contributed by atoms with Crippen molar-refractivity contribution in [3.8, 4) is 0 Å². The number of hydrogen-bond donors (Lipinski definition) is 3. The zero-order valence-corrected chi connectivity index (χ0v) is 23.0. The van der Waals surface area contributed by atoms with Gasteiger partial charge in [0, 0.05) is 100 Å². The molecule has 3 aromatic rings. The van der Waals surface area contributed by atoms with E-state index in [0.717, 1.165) is 65.4 Å². The van der Waals surface area contributed by atoms with E-state index in [1.54, 1.807) is 36.4 Å². The molecule has 2 fully saturated rings. The van der Waals surface area contributed by atoms with Crippen LogP contribution in [0, 0.1) is 0 Å². The Bertz CT molecular complexity index is 1290. The average Bonchev–Trinajstić information content (AvgIpc) is 2.92. The molecule has 208 valence electrons. The molecule has 3 heterocycles. The van der Waals surface area contributed by atoms with Crippen molar-refractivity contribution in [2.45, 2.75) is 12.8 Å². The number of H-pyrrole nitrogens is 1. The van der Waals surface area contributed by atoms with E-state index in [9.17, 15) is 14.4 Å². The molecule has 2 amide bonds. The molecule has 3 N–H and O–H groups in total. The first kappa shape index (κ1) is 27.3. The number of likely N-dealkylation sites (N-methyl/N-ethyl adjacent to an activating group) is 2. The Hall–Kier alpha value is -3.31. The van der Waals surface area contributed by atoms with Crippen LogP contribution >= 0.6 is 0 Å². The van der Waals surface area contributed by atoms with Crippen molar-refractivity contribution in [2.75, 3.05) is 90.2 Å². The molecule has 0 saturated carbocycles. The van der Waals surface area contributed by atoms with Gasteiger partial charge < -0.3 is 35.2 Å². The third-order valence-corrected chi connectivity index (χ3v) is 7.87. The first-order valence-electron chi connectivity index (χ1n) is 13.9. The van der Waals surface area contributed by atoms with Crippen LogP contribution in [0.2, 0.25) is 0 Å². The maximum atomic E-state index is 13.1. The monoisotopic (exact) mass is 533 g/mol. The molecule has 2 aromatic carbocycles. The number of anilines is 2. The van der Waals surface area contributed by atoms with E-state index in [2.05, 4.69) is 49.3 Å². The number of nitrogens with one attached hydrogen (secondary N) is 3. The third-order valence-electron chi connectivity index (χ3n) is 7.87. The van der Waals surface area contributed by atoms with Crippen LogP contribution < -0.4 is 16.1 Å². The van der Waals surface area contributed by atoms with Gasteiger partial charge in [0.15, 0.2) is 5.43 Å². The number of piperazine rings is 2. The van der Waals surface area contributed by atoms with Gasteiger partial charge in [0.1, 0.15) is 0 Å². The van der Waals surface area contributed by atoms with Crippen LogP contribution in [0.1, 0.15) is 12.8 Å². The largest absolute Gasteiger partial charge is 0.354 e. The van der Waals surface area contributed by atoms with Crippen molar-refractivity contribution in [1.29, 1.82) is 0 Å². The fourth-order valence-corrected chi connectivity index (χ4v) is 5.25. The van der Waals surface area contributed by atoms with E-state index in [1.807, 2.05) is 0 Å². The van der Waals surface area contributed by atoms with Gasteiger partial charge in [-0.15, -0.1) is 0 Å². The molecule has 10 heteroatoms. The summed E-state index contributed by atoms with van der Waals surface area (Å²) in [5, 5.41) is 7.05. The first-order chi connectivity index (χ1) is 18.8. The van der Waals surface area contributed by atoms with E-state index in [0.29, 0.717) is 46.0 Å². The number of nitrogens with zero attached hydrogens (tertiary/aromatic N) is 4. The Morgan fingerprint density at radius 3 is 1.51 bits per heavy atom. The summed E-state index contributed by atoms with van der Waals surface area (Å²) in [6.45, 7) is 9.48. The summed E-state index contributed by atoms with van der Waals surface area (Å²) in [7, 11) is 4.23. The lowest BCUT2D eigenvalue weighted by Gasteiger charge is -2.32. The van der Waals surface area contributed by atoms with Crippen molar-refractivity contribution in [3.05, 3.63) is 46.6 Å². The van der Waals surface area contributed by atoms with Crippen LogP contribution in [0.15, 0.2) is 41.2 Å². The number of pyridine rings is 1. The average molecular weight is 534 g/mol. The van der Waals surface area contributed by atoms with Gasteiger partial charge in [-0.1, -0.05) is 0 Å². The van der Waals surface area contributed by atoms with E-state index in [4.69, 9.17) is 0 Å². The molecule has 1 aromatic heterocycles. The lowest BCUT2D eigenvalue weighted by molar-refractivity contribution is -0.117. The molecule has 10 nitrogen and oxygen atoms in total. The van der Waals surface area contributed by atoms with E-state index >= 15 is 0 Å². The summed E-state index contributed by atoms with van der Waals surface area (Å²) in [6.07, 6.45) is 0.849. The second-order valence-electron chi connectivity index (χ2n) is 10.9. The summed E-state index contributed by atoms with van der Waals surface area (Å²) in [6, 6.07) is 10.6. The highest BCUT2D eigenvalue weighted by Crippen LogP contribution is 2.21. The second-order valence-corrected chi connectivity index (χ2v) is 10.9. The lowest BCUT2D eigenvalue weighted by atomic mass is 10.1. The highest BCUT2D eigenvalue weighted by Gasteiger charge is 2.16. The standard InChI is InChI=1S/C29H39N7O3/c1-33-11-15-35(16-12-33)9-7-27(37)30-21-3-5-23-25(19-21)32-26-20-22(4-6-24(26)29(23)39)31-28(38)8-10-36-17-13-34(2)14-18-36/h3-6,19-20H,7-18H2,1-2H3,(H,30,37)(H,31,38)(H,32,39). The van der Waals surface area contributed by atoms with Gasteiger partial charge in [0.2, 0.25) is 11.8 Å². The van der Waals surface area contributed by atoms with Gasteiger partial charge in [0.05, 0.1) is 11.0 Å². The van der Waals surface area contributed by atoms with Crippen LogP contribution in [0.5, 0.6) is 0 Å². The highest BCUT2D eigenvalue weighted by molar-refractivity contribution is 5.99. The number of amides is 2. The Morgan fingerprint density at radius 1 is 0.692 bits per heavy atom. The topological polar surface area (TPSA) is 104 Å². The van der Waals surface area contributed by atoms with Crippen LogP contribution in [0.3, 0.4) is 0 Å². The zero-order chi connectivity index (χ0) is 27.4. The number of benzene rings is 2. The summed E-state index contributed by atoms with van der Waals surface area (Å²) in [5.74, 6) is -0.0871. The molecular formula is C29H39N7O3. The Balaban J connectivity index is 1.22. The maximum Gasteiger partial charge on any atom is 0.225 e. The number of fused-ring (bicyclic) bond motifs is 2. The van der Waals surface area contributed by atoms with Crippen LogP contribution in [-0.4, -0.2) is 116 Å². The fraction of sp³-hybridized carbons (Fsp3) is 0.483. The quantitative estimate of drug-likeness (QED) is 0.380. The third kappa shape index (κ3) is 7.02. The second kappa shape index (κ2) is 12.3. The summed E-state index contributed by atoms with van der Waals surface area (Å²) in [4.78, 5) is 50.9. The summed E-state index contributed by atoms with van der Waals surface area (Å²) in [5.41, 5.74) is 2.49. The molecule has 2 aliphatic rings. The van der Waals surface area contributed by atoms with Gasteiger partial charge in [0.25, 0.3) is 0 Å². The van der Waals surface area contributed by atoms with E-state index in [1.165, 1.54) is 0 Å². The van der Waals surface area contributed by atoms with Gasteiger partial charge in [-0.3, -0.25) is 14.4 Å². The molecular weight excluding hydrogens is 494 g/mol. The Labute approximate surface area is 228 Å². The SMILES string of the molecule is CN1CCN(CCC(=O)Nc2ccc3c(=O)c4ccc(NC(=O)CCN5CCN(C)CC5)cc4[nH]c3c2)CC1. The minimum Gasteiger partial charge on any atom is -0.354 e. The van der Waals surface area contributed by atoms with Crippen molar-refractivity contribution in [3.63, 3.8) is 0 Å². The van der Waals surface area contributed by atoms with Crippen LogP contribution in [0.4, 0.5) is 11.4 Å². The molecule has 0 aliphatic carbocycles. The van der Waals surface area contributed by atoms with Gasteiger partial charge in [-0.2, -0.15) is 0 Å². The minimum absolute atomic E-state index is 0.0435. The number of aromatic nitrogens is 1. The molecule has 2 saturated heterocycles. The molecule has 5 rings (SSSR count). The molecule has 2 aliphatic heterocycles. The summed E-state index contributed by atoms with van der Waals surface area (Å²) >= 11 is 0. The summed E-state index contributed by atoms with van der Waals surface area (Å²) < 4.78 is 0. The molecule has 0 radical (unpaired) electrons. The normalized spacial score (nSPS) is 18.0. The van der Waals surface area contributed by atoms with Crippen LogP contribution in [-0.2, 0) is 9.59 Å². The van der Waals surface area contributed by atoms with Crippen molar-refractivity contribution < 1.29 is 9.59 Å². The fourth-order valence-electron chi connectivity index (χ4n) is 5.25. The van der Waals surface area contributed by atoms with Crippen molar-refractivity contribution in [1.82, 2.24) is 24.6 Å². The van der Waals surface area contributed by atoms with Crippen LogP contribution in [0.25, 0.3) is 21.8 Å². The van der Waals surface area contributed by atoms with Crippen molar-refractivity contribution in [2.24, 2.45) is 0 Å². The number of rotatable bonds is 8. The van der Waals surface area contributed by atoms with Gasteiger partial charge in [-0.05, 0) is 50.5 Å².